The highest BCUT2D eigenvalue weighted by atomic mass is 35.5. The lowest BCUT2D eigenvalue weighted by Gasteiger charge is -2.02. The summed E-state index contributed by atoms with van der Waals surface area (Å²) in [6.45, 7) is 0. The van der Waals surface area contributed by atoms with Gasteiger partial charge in [-0.15, -0.1) is 12.4 Å². The minimum Gasteiger partial charge on any atom is -0.147 e. The van der Waals surface area contributed by atoms with E-state index in [4.69, 9.17) is 11.6 Å². The second-order valence-electron chi connectivity index (χ2n) is 3.35. The monoisotopic (exact) mass is 270 g/mol. The molecule has 1 atom stereocenters. The molecule has 2 rings (SSSR count). The molecule has 1 unspecified atom stereocenters. The topological polar surface area (TPSA) is 0 Å². The Labute approximate surface area is 109 Å². The Morgan fingerprint density at radius 2 is 1.50 bits per heavy atom. The Morgan fingerprint density at radius 3 is 2.12 bits per heavy atom. The van der Waals surface area contributed by atoms with Crippen molar-refractivity contribution in [3.63, 3.8) is 0 Å². The Hall–Kier alpha value is -0.550. The van der Waals surface area contributed by atoms with E-state index in [0.29, 0.717) is 0 Å². The van der Waals surface area contributed by atoms with E-state index in [9.17, 15) is 0 Å². The van der Waals surface area contributed by atoms with Gasteiger partial charge in [0.05, 0.1) is 0 Å². The van der Waals surface area contributed by atoms with Crippen LogP contribution in [-0.4, -0.2) is 0 Å². The summed E-state index contributed by atoms with van der Waals surface area (Å²) in [4.78, 5) is 0. The van der Waals surface area contributed by atoms with Gasteiger partial charge in [0, 0.05) is 5.02 Å². The number of hydrogen-bond acceptors (Lipinski definition) is 0. The van der Waals surface area contributed by atoms with E-state index in [1.54, 1.807) is 0 Å². The zero-order valence-electron chi connectivity index (χ0n) is 8.69. The minimum absolute atomic E-state index is 0. The third kappa shape index (κ3) is 4.14. The molecule has 2 aromatic carbocycles. The molecule has 0 amide bonds. The zero-order chi connectivity index (χ0) is 10.5. The summed E-state index contributed by atoms with van der Waals surface area (Å²) < 4.78 is 0. The van der Waals surface area contributed by atoms with E-state index >= 15 is 0 Å². The molecule has 0 aliphatic heterocycles. The highest BCUT2D eigenvalue weighted by molar-refractivity contribution is 7.46. The van der Waals surface area contributed by atoms with Crippen LogP contribution < -0.4 is 5.30 Å². The fourth-order valence-electron chi connectivity index (χ4n) is 1.37. The molecule has 16 heavy (non-hydrogen) atoms. The Kier molecular flexibility index (Phi) is 5.84. The summed E-state index contributed by atoms with van der Waals surface area (Å²) in [5.41, 5.74) is 1.39. The highest BCUT2D eigenvalue weighted by Gasteiger charge is 1.94. The molecular formula is C13H13Cl2P. The van der Waals surface area contributed by atoms with E-state index in [1.165, 1.54) is 10.9 Å². The highest BCUT2D eigenvalue weighted by Crippen LogP contribution is 2.18. The zero-order valence-corrected chi connectivity index (χ0v) is 11.3. The largest absolute Gasteiger partial charge is 0.147 e. The van der Waals surface area contributed by atoms with Crippen LogP contribution in [0.3, 0.4) is 0 Å². The van der Waals surface area contributed by atoms with Crippen LogP contribution >= 0.6 is 32.6 Å². The number of halogens is 2. The second-order valence-corrected chi connectivity index (χ2v) is 5.07. The van der Waals surface area contributed by atoms with Gasteiger partial charge in [-0.05, 0) is 29.2 Å². The molecule has 2 aromatic rings. The smallest absolute Gasteiger partial charge is 0.0406 e. The maximum absolute atomic E-state index is 5.83. The molecule has 0 fully saturated rings. The average Bonchev–Trinajstić information content (AvgIpc) is 2.30. The van der Waals surface area contributed by atoms with E-state index in [0.717, 1.165) is 19.8 Å². The normalized spacial score (nSPS) is 10.3. The number of hydrogen-bond donors (Lipinski definition) is 0. The fraction of sp³-hybridized carbons (Fsp3) is 0.0769. The molecular weight excluding hydrogens is 258 g/mol. The Bertz CT molecular complexity index is 412. The molecule has 0 bridgehead atoms. The van der Waals surface area contributed by atoms with Gasteiger partial charge in [-0.1, -0.05) is 62.6 Å². The van der Waals surface area contributed by atoms with Crippen molar-refractivity contribution in [3.8, 4) is 0 Å². The molecule has 0 spiro atoms. The predicted molar refractivity (Wildman–Crippen MR) is 76.8 cm³/mol. The van der Waals surface area contributed by atoms with Gasteiger partial charge < -0.3 is 0 Å². The van der Waals surface area contributed by atoms with Crippen molar-refractivity contribution in [2.24, 2.45) is 0 Å². The van der Waals surface area contributed by atoms with Gasteiger partial charge in [0.1, 0.15) is 0 Å². The van der Waals surface area contributed by atoms with Crippen LogP contribution in [0, 0.1) is 0 Å². The van der Waals surface area contributed by atoms with Crippen molar-refractivity contribution in [2.75, 3.05) is 0 Å². The van der Waals surface area contributed by atoms with Crippen molar-refractivity contribution in [1.82, 2.24) is 0 Å². The molecule has 0 aliphatic rings. The van der Waals surface area contributed by atoms with E-state index in [2.05, 4.69) is 42.5 Å². The van der Waals surface area contributed by atoms with Crippen molar-refractivity contribution in [2.45, 2.75) is 6.16 Å². The fourth-order valence-corrected chi connectivity index (χ4v) is 2.54. The number of rotatable bonds is 3. The van der Waals surface area contributed by atoms with Crippen LogP contribution in [0.15, 0.2) is 54.6 Å². The first-order valence-corrected chi connectivity index (χ1v) is 6.46. The van der Waals surface area contributed by atoms with Gasteiger partial charge in [0.2, 0.25) is 0 Å². The molecule has 0 saturated carbocycles. The SMILES string of the molecule is Cl.Clc1ccc(PCc2ccccc2)cc1. The molecule has 0 radical (unpaired) electrons. The van der Waals surface area contributed by atoms with Crippen LogP contribution in [0.2, 0.25) is 5.02 Å². The van der Waals surface area contributed by atoms with Crippen molar-refractivity contribution in [1.29, 1.82) is 0 Å². The van der Waals surface area contributed by atoms with Gasteiger partial charge in [0.15, 0.2) is 0 Å². The van der Waals surface area contributed by atoms with Gasteiger partial charge in [-0.2, -0.15) is 0 Å². The molecule has 0 aliphatic carbocycles. The van der Waals surface area contributed by atoms with Gasteiger partial charge in [0.25, 0.3) is 0 Å². The quantitative estimate of drug-likeness (QED) is 0.731. The second kappa shape index (κ2) is 6.91. The first-order chi connectivity index (χ1) is 7.34. The lowest BCUT2D eigenvalue weighted by molar-refractivity contribution is 1.41. The van der Waals surface area contributed by atoms with Crippen molar-refractivity contribution < 1.29 is 0 Å². The van der Waals surface area contributed by atoms with Crippen LogP contribution in [0.25, 0.3) is 0 Å². The molecule has 0 nitrogen and oxygen atoms in total. The summed E-state index contributed by atoms with van der Waals surface area (Å²) in [5, 5.41) is 2.17. The maximum Gasteiger partial charge on any atom is 0.0406 e. The third-order valence-corrected chi connectivity index (χ3v) is 3.76. The number of benzene rings is 2. The van der Waals surface area contributed by atoms with Crippen LogP contribution in [-0.2, 0) is 6.16 Å². The van der Waals surface area contributed by atoms with E-state index in [-0.39, 0.29) is 12.4 Å². The molecule has 84 valence electrons. The summed E-state index contributed by atoms with van der Waals surface area (Å²) in [7, 11) is 0.820. The molecule has 0 heterocycles. The maximum atomic E-state index is 5.83. The van der Waals surface area contributed by atoms with Gasteiger partial charge >= 0.3 is 0 Å². The lowest BCUT2D eigenvalue weighted by Crippen LogP contribution is -1.92. The van der Waals surface area contributed by atoms with Crippen LogP contribution in [0.1, 0.15) is 5.56 Å². The van der Waals surface area contributed by atoms with E-state index in [1.807, 2.05) is 12.1 Å². The van der Waals surface area contributed by atoms with Crippen molar-refractivity contribution >= 4 is 37.9 Å². The Balaban J connectivity index is 0.00000128. The first kappa shape index (κ1) is 13.5. The minimum atomic E-state index is 0. The predicted octanol–water partition coefficient (Wildman–Crippen LogP) is 4.27. The van der Waals surface area contributed by atoms with Crippen LogP contribution in [0.5, 0.6) is 0 Å². The molecule has 0 saturated heterocycles. The van der Waals surface area contributed by atoms with Crippen molar-refractivity contribution in [3.05, 3.63) is 65.2 Å². The first-order valence-electron chi connectivity index (χ1n) is 4.88. The molecule has 0 aromatic heterocycles. The summed E-state index contributed by atoms with van der Waals surface area (Å²) in [6, 6.07) is 18.7. The summed E-state index contributed by atoms with van der Waals surface area (Å²) in [5.74, 6) is 0. The average molecular weight is 271 g/mol. The molecule has 0 N–H and O–H groups in total. The third-order valence-electron chi connectivity index (χ3n) is 2.18. The Morgan fingerprint density at radius 1 is 0.875 bits per heavy atom. The van der Waals surface area contributed by atoms with Gasteiger partial charge in [-0.3, -0.25) is 0 Å². The van der Waals surface area contributed by atoms with E-state index < -0.39 is 0 Å². The standard InChI is InChI=1S/C13H12ClP.ClH/c14-12-6-8-13(9-7-12)15-10-11-4-2-1-3-5-11;/h1-9,15H,10H2;1H. The lowest BCUT2D eigenvalue weighted by atomic mass is 10.2. The molecule has 3 heteroatoms. The van der Waals surface area contributed by atoms with Crippen LogP contribution in [0.4, 0.5) is 0 Å². The summed E-state index contributed by atoms with van der Waals surface area (Å²) in [6.07, 6.45) is 1.11. The summed E-state index contributed by atoms with van der Waals surface area (Å²) >= 11 is 5.83. The van der Waals surface area contributed by atoms with Gasteiger partial charge in [-0.25, -0.2) is 0 Å².